The summed E-state index contributed by atoms with van der Waals surface area (Å²) in [4.78, 5) is 14.8. The molecule has 118 valence electrons. The van der Waals surface area contributed by atoms with Gasteiger partial charge in [0.2, 0.25) is 5.78 Å². The summed E-state index contributed by atoms with van der Waals surface area (Å²) >= 11 is 0. The van der Waals surface area contributed by atoms with Gasteiger partial charge in [-0.25, -0.2) is 0 Å². The summed E-state index contributed by atoms with van der Waals surface area (Å²) in [5.74, 6) is -0.280. The van der Waals surface area contributed by atoms with E-state index in [-0.39, 0.29) is 16.4 Å². The van der Waals surface area contributed by atoms with Crippen LogP contribution in [-0.4, -0.2) is 19.9 Å². The lowest BCUT2D eigenvalue weighted by Gasteiger charge is -2.04. The minimum absolute atomic E-state index is 0.0931. The molecule has 24 heavy (non-hydrogen) atoms. The molecule has 0 aliphatic heterocycles. The zero-order valence-corrected chi connectivity index (χ0v) is 13.2. The van der Waals surface area contributed by atoms with E-state index in [1.54, 1.807) is 36.4 Å². The van der Waals surface area contributed by atoms with E-state index >= 15 is 0 Å². The summed E-state index contributed by atoms with van der Waals surface area (Å²) in [6, 6.07) is 18.8. The van der Waals surface area contributed by atoms with Crippen molar-refractivity contribution < 1.29 is 13.2 Å². The zero-order valence-electron chi connectivity index (χ0n) is 12.4. The van der Waals surface area contributed by atoms with E-state index in [2.05, 4.69) is 9.93 Å². The molecule has 0 fully saturated rings. The Bertz CT molecular complexity index is 1100. The van der Waals surface area contributed by atoms with Crippen LogP contribution in [0.1, 0.15) is 15.9 Å². The summed E-state index contributed by atoms with van der Waals surface area (Å²) < 4.78 is 24.6. The monoisotopic (exact) mass is 336 g/mol. The van der Waals surface area contributed by atoms with Crippen molar-refractivity contribution >= 4 is 32.3 Å². The molecule has 0 bridgehead atoms. The lowest BCUT2D eigenvalue weighted by Crippen LogP contribution is -2.22. The fraction of sp³-hybridized carbons (Fsp3) is 0. The van der Waals surface area contributed by atoms with Gasteiger partial charge in [-0.05, 0) is 17.5 Å². The van der Waals surface area contributed by atoms with Gasteiger partial charge in [0.05, 0.1) is 4.90 Å². The molecule has 1 N–H and O–H groups in total. The van der Waals surface area contributed by atoms with Gasteiger partial charge in [0.25, 0.3) is 10.0 Å². The van der Waals surface area contributed by atoms with Crippen LogP contribution in [0.3, 0.4) is 0 Å². The van der Waals surface area contributed by atoms with Crippen LogP contribution in [0.15, 0.2) is 76.7 Å². The number of nitrogens with zero attached hydrogens (tertiary/aromatic N) is 1. The minimum Gasteiger partial charge on any atom is -0.287 e. The van der Waals surface area contributed by atoms with Crippen LogP contribution in [0.4, 0.5) is 0 Å². The van der Waals surface area contributed by atoms with E-state index in [0.29, 0.717) is 11.1 Å². The maximum absolute atomic E-state index is 12.6. The summed E-state index contributed by atoms with van der Waals surface area (Å²) in [5, 5.41) is 5.65. The third-order valence-corrected chi connectivity index (χ3v) is 5.18. The molecule has 3 aromatic carbocycles. The van der Waals surface area contributed by atoms with Crippen LogP contribution in [-0.2, 0) is 10.0 Å². The quantitative estimate of drug-likeness (QED) is 0.747. The van der Waals surface area contributed by atoms with Crippen molar-refractivity contribution in [3.63, 3.8) is 0 Å². The number of carbonyl (C=O) groups is 1. The van der Waals surface area contributed by atoms with Crippen LogP contribution >= 0.6 is 0 Å². The van der Waals surface area contributed by atoms with Gasteiger partial charge >= 0.3 is 0 Å². The Morgan fingerprint density at radius 3 is 2.17 bits per heavy atom. The summed E-state index contributed by atoms with van der Waals surface area (Å²) in [7, 11) is -3.82. The van der Waals surface area contributed by atoms with Gasteiger partial charge in [0, 0.05) is 16.5 Å². The first kappa shape index (κ1) is 14.6. The number of hydrogen-bond acceptors (Lipinski definition) is 4. The average molecular weight is 336 g/mol. The maximum atomic E-state index is 12.6. The van der Waals surface area contributed by atoms with Crippen molar-refractivity contribution in [2.24, 2.45) is 5.10 Å². The van der Waals surface area contributed by atoms with E-state index < -0.39 is 10.0 Å². The third kappa shape index (κ3) is 2.19. The minimum atomic E-state index is -3.82. The zero-order chi connectivity index (χ0) is 16.7. The number of hydrazone groups is 1. The van der Waals surface area contributed by atoms with Crippen LogP contribution < -0.4 is 4.83 Å². The van der Waals surface area contributed by atoms with Crippen molar-refractivity contribution in [1.82, 2.24) is 4.83 Å². The Morgan fingerprint density at radius 2 is 1.46 bits per heavy atom. The number of rotatable bonds is 3. The first-order valence-corrected chi connectivity index (χ1v) is 8.77. The van der Waals surface area contributed by atoms with Gasteiger partial charge in [-0.1, -0.05) is 54.6 Å². The fourth-order valence-corrected chi connectivity index (χ4v) is 3.68. The maximum Gasteiger partial charge on any atom is 0.276 e. The van der Waals surface area contributed by atoms with E-state index in [0.717, 1.165) is 10.8 Å². The lowest BCUT2D eigenvalue weighted by molar-refractivity contribution is 0.107. The molecule has 0 unspecified atom stereocenters. The van der Waals surface area contributed by atoms with Gasteiger partial charge in [-0.3, -0.25) is 4.79 Å². The second-order valence-corrected chi connectivity index (χ2v) is 7.07. The number of carbonyl (C=O) groups excluding carboxylic acids is 1. The van der Waals surface area contributed by atoms with Crippen molar-refractivity contribution in [2.45, 2.75) is 4.90 Å². The highest BCUT2D eigenvalue weighted by Gasteiger charge is 2.29. The summed E-state index contributed by atoms with van der Waals surface area (Å²) in [6.45, 7) is 0. The van der Waals surface area contributed by atoms with Crippen LogP contribution in [0.25, 0.3) is 10.8 Å². The molecular formula is C18H12N2O3S. The fourth-order valence-electron chi connectivity index (χ4n) is 2.85. The number of benzene rings is 3. The van der Waals surface area contributed by atoms with Crippen molar-refractivity contribution in [1.29, 1.82) is 0 Å². The molecule has 1 aliphatic carbocycles. The summed E-state index contributed by atoms with van der Waals surface area (Å²) in [6.07, 6.45) is 0. The molecule has 3 aromatic rings. The van der Waals surface area contributed by atoms with Gasteiger partial charge in [-0.15, -0.1) is 0 Å². The normalized spacial score (nSPS) is 15.2. The second kappa shape index (κ2) is 5.28. The van der Waals surface area contributed by atoms with E-state index in [4.69, 9.17) is 0 Å². The molecule has 0 saturated carbocycles. The molecule has 0 radical (unpaired) electrons. The van der Waals surface area contributed by atoms with Gasteiger partial charge in [0.1, 0.15) is 5.71 Å². The Balaban J connectivity index is 1.78. The third-order valence-electron chi connectivity index (χ3n) is 3.95. The molecule has 0 amide bonds. The largest absolute Gasteiger partial charge is 0.287 e. The first-order chi connectivity index (χ1) is 11.6. The highest BCUT2D eigenvalue weighted by Crippen LogP contribution is 2.30. The molecule has 6 heteroatoms. The average Bonchev–Trinajstić information content (AvgIpc) is 2.88. The van der Waals surface area contributed by atoms with Crippen molar-refractivity contribution in [3.05, 3.63) is 77.9 Å². The first-order valence-electron chi connectivity index (χ1n) is 7.29. The molecular weight excluding hydrogens is 324 g/mol. The smallest absolute Gasteiger partial charge is 0.276 e. The molecule has 0 atom stereocenters. The Labute approximate surface area is 138 Å². The summed E-state index contributed by atoms with van der Waals surface area (Å²) in [5.41, 5.74) is 1.30. The predicted octanol–water partition coefficient (Wildman–Crippen LogP) is 2.72. The molecule has 1 aliphatic rings. The van der Waals surface area contributed by atoms with Crippen LogP contribution in [0.5, 0.6) is 0 Å². The number of nitrogens with one attached hydrogen (secondary N) is 1. The number of Topliss-reactive ketones (excluding diaryl/α,β-unsaturated/α-hetero) is 1. The SMILES string of the molecule is O=C1C(=NNS(=O)(=O)c2ccccc2)c2cccc3cccc1c23. The Hall–Kier alpha value is -2.99. The number of hydrogen-bond donors (Lipinski definition) is 1. The lowest BCUT2D eigenvalue weighted by atomic mass is 10.1. The van der Waals surface area contributed by atoms with E-state index in [1.807, 2.05) is 18.2 Å². The van der Waals surface area contributed by atoms with Crippen LogP contribution in [0.2, 0.25) is 0 Å². The molecule has 5 nitrogen and oxygen atoms in total. The molecule has 0 aromatic heterocycles. The highest BCUT2D eigenvalue weighted by molar-refractivity contribution is 7.89. The van der Waals surface area contributed by atoms with Crippen molar-refractivity contribution in [2.75, 3.05) is 0 Å². The Kier molecular flexibility index (Phi) is 3.21. The number of sulfonamides is 1. The van der Waals surface area contributed by atoms with E-state index in [9.17, 15) is 13.2 Å². The molecule has 4 rings (SSSR count). The highest BCUT2D eigenvalue weighted by atomic mass is 32.2. The van der Waals surface area contributed by atoms with Gasteiger partial charge < -0.3 is 0 Å². The molecule has 0 heterocycles. The van der Waals surface area contributed by atoms with E-state index in [1.165, 1.54) is 12.1 Å². The molecule has 0 spiro atoms. The van der Waals surface area contributed by atoms with Crippen LogP contribution in [0, 0.1) is 0 Å². The number of ketones is 1. The second-order valence-electron chi connectivity index (χ2n) is 5.41. The van der Waals surface area contributed by atoms with Crippen molar-refractivity contribution in [3.8, 4) is 0 Å². The van der Waals surface area contributed by atoms with Gasteiger partial charge in [-0.2, -0.15) is 18.4 Å². The molecule has 0 saturated heterocycles. The predicted molar refractivity (Wildman–Crippen MR) is 91.6 cm³/mol. The Morgan fingerprint density at radius 1 is 0.792 bits per heavy atom. The van der Waals surface area contributed by atoms with Gasteiger partial charge in [0.15, 0.2) is 0 Å². The standard InChI is InChI=1S/C18H12N2O3S/c21-18-15-11-5-7-12-6-4-10-14(16(12)15)17(18)19-20-24(22,23)13-8-2-1-3-9-13/h1-11,20H. The topological polar surface area (TPSA) is 75.6 Å².